The first-order chi connectivity index (χ1) is 15.1. The van der Waals surface area contributed by atoms with Crippen molar-refractivity contribution in [1.82, 2.24) is 0 Å². The minimum absolute atomic E-state index is 0.0152. The van der Waals surface area contributed by atoms with Crippen LogP contribution in [-0.4, -0.2) is 38.9 Å². The summed E-state index contributed by atoms with van der Waals surface area (Å²) in [4.78, 5) is 11.7. The second-order valence-electron chi connectivity index (χ2n) is 7.75. The lowest BCUT2D eigenvalue weighted by Gasteiger charge is -2.34. The summed E-state index contributed by atoms with van der Waals surface area (Å²) in [5.41, 5.74) is -2.77. The minimum atomic E-state index is -4.80. The third-order valence-corrected chi connectivity index (χ3v) is 6.80. The Kier molecular flexibility index (Phi) is 6.46. The Morgan fingerprint density at radius 2 is 1.88 bits per heavy atom. The molecule has 0 unspecified atom stereocenters. The van der Waals surface area contributed by atoms with Gasteiger partial charge in [0.1, 0.15) is 17.7 Å². The molecule has 7 nitrogen and oxygen atoms in total. The van der Waals surface area contributed by atoms with E-state index in [0.717, 1.165) is 22.5 Å². The number of hydrogen-bond donors (Lipinski definition) is 1. The van der Waals surface area contributed by atoms with E-state index in [1.807, 2.05) is 0 Å². The Labute approximate surface area is 192 Å². The van der Waals surface area contributed by atoms with Crippen molar-refractivity contribution in [3.8, 4) is 5.75 Å². The van der Waals surface area contributed by atoms with Crippen LogP contribution in [0.1, 0.15) is 20.8 Å². The zero-order valence-electron chi connectivity index (χ0n) is 17.5. The first-order valence-corrected chi connectivity index (χ1v) is 11.3. The number of nitrogens with zero attached hydrogens (tertiary/aromatic N) is 1. The van der Waals surface area contributed by atoms with Gasteiger partial charge in [-0.05, 0) is 57.2 Å². The van der Waals surface area contributed by atoms with E-state index in [4.69, 9.17) is 16.3 Å². The molecule has 33 heavy (non-hydrogen) atoms. The molecule has 13 heteroatoms. The van der Waals surface area contributed by atoms with E-state index >= 15 is 0 Å². The van der Waals surface area contributed by atoms with Gasteiger partial charge in [-0.15, -0.1) is 0 Å². The Balaban J connectivity index is 1.94. The van der Waals surface area contributed by atoms with Crippen LogP contribution in [0.5, 0.6) is 5.75 Å². The number of carbonyl (C=O) groups excluding carboxylic acids is 1. The molecule has 2 aromatic rings. The van der Waals surface area contributed by atoms with E-state index in [1.54, 1.807) is 6.92 Å². The predicted octanol–water partition coefficient (Wildman–Crippen LogP) is 5.34. The molecule has 0 aliphatic carbocycles. The van der Waals surface area contributed by atoms with Gasteiger partial charge < -0.3 is 9.47 Å². The molecule has 1 aliphatic rings. The Morgan fingerprint density at radius 3 is 2.48 bits per heavy atom. The summed E-state index contributed by atoms with van der Waals surface area (Å²) in [6.45, 7) is 2.89. The standard InChI is InChI=1S/C20H19ClF4N2O5S/c1-11-10-27(33(29,30)13-5-6-15(22)14(21)9-13)16-8-12(4-7-17(16)31-11)26-18(28)32-19(2,3)20(23,24)25/h4-9,11H,10H2,1-3H3,(H,26,28)/t11-/m0/s1. The SMILES string of the molecule is C[C@H]1CN(S(=O)(=O)c2ccc(F)c(Cl)c2)c2cc(NC(=O)OC(C)(C)C(F)(F)F)ccc2O1. The molecule has 0 aromatic heterocycles. The minimum Gasteiger partial charge on any atom is -0.487 e. The maximum Gasteiger partial charge on any atom is 0.427 e. The largest absolute Gasteiger partial charge is 0.487 e. The van der Waals surface area contributed by atoms with Crippen LogP contribution in [0.4, 0.5) is 33.7 Å². The highest BCUT2D eigenvalue weighted by Crippen LogP contribution is 2.39. The van der Waals surface area contributed by atoms with E-state index in [-0.39, 0.29) is 33.6 Å². The number of sulfonamides is 1. The van der Waals surface area contributed by atoms with Gasteiger partial charge in [0.15, 0.2) is 0 Å². The van der Waals surface area contributed by atoms with Gasteiger partial charge in [0, 0.05) is 5.69 Å². The van der Waals surface area contributed by atoms with Crippen molar-refractivity contribution < 1.29 is 40.2 Å². The fourth-order valence-electron chi connectivity index (χ4n) is 2.90. The Morgan fingerprint density at radius 1 is 1.21 bits per heavy atom. The van der Waals surface area contributed by atoms with Crippen molar-refractivity contribution in [3.63, 3.8) is 0 Å². The lowest BCUT2D eigenvalue weighted by molar-refractivity contribution is -0.242. The molecule has 0 saturated carbocycles. The van der Waals surface area contributed by atoms with Crippen molar-refractivity contribution in [3.05, 3.63) is 47.2 Å². The summed E-state index contributed by atoms with van der Waals surface area (Å²) in [5, 5.41) is 1.76. The molecule has 1 aliphatic heterocycles. The number of benzene rings is 2. The number of rotatable bonds is 4. The van der Waals surface area contributed by atoms with E-state index in [2.05, 4.69) is 10.1 Å². The zero-order chi connectivity index (χ0) is 24.8. The maximum absolute atomic E-state index is 13.5. The van der Waals surface area contributed by atoms with E-state index in [0.29, 0.717) is 13.8 Å². The van der Waals surface area contributed by atoms with Crippen LogP contribution in [0.25, 0.3) is 0 Å². The number of halogens is 5. The van der Waals surface area contributed by atoms with Gasteiger partial charge in [-0.3, -0.25) is 9.62 Å². The molecule has 0 fully saturated rings. The number of hydrogen-bond acceptors (Lipinski definition) is 5. The quantitative estimate of drug-likeness (QED) is 0.561. The monoisotopic (exact) mass is 510 g/mol. The molecule has 0 radical (unpaired) electrons. The molecule has 2 aromatic carbocycles. The number of carbonyl (C=O) groups is 1. The molecule has 0 spiro atoms. The fraction of sp³-hybridized carbons (Fsp3) is 0.350. The number of fused-ring (bicyclic) bond motifs is 1. The molecule has 180 valence electrons. The topological polar surface area (TPSA) is 84.9 Å². The molecule has 0 bridgehead atoms. The highest BCUT2D eigenvalue weighted by Gasteiger charge is 2.51. The zero-order valence-corrected chi connectivity index (χ0v) is 19.1. The first kappa shape index (κ1) is 24.9. The van der Waals surface area contributed by atoms with Gasteiger partial charge in [-0.1, -0.05) is 11.6 Å². The van der Waals surface area contributed by atoms with Crippen molar-refractivity contribution >= 4 is 39.1 Å². The highest BCUT2D eigenvalue weighted by atomic mass is 35.5. The van der Waals surface area contributed by atoms with Gasteiger partial charge in [-0.2, -0.15) is 13.2 Å². The van der Waals surface area contributed by atoms with Gasteiger partial charge in [-0.25, -0.2) is 17.6 Å². The number of anilines is 2. The van der Waals surface area contributed by atoms with Gasteiger partial charge in [0.05, 0.1) is 22.2 Å². The third-order valence-electron chi connectivity index (χ3n) is 4.73. The maximum atomic E-state index is 13.5. The first-order valence-electron chi connectivity index (χ1n) is 9.47. The Bertz CT molecular complexity index is 1190. The lowest BCUT2D eigenvalue weighted by Crippen LogP contribution is -2.44. The van der Waals surface area contributed by atoms with Crippen LogP contribution in [0.3, 0.4) is 0 Å². The lowest BCUT2D eigenvalue weighted by atomic mass is 10.1. The van der Waals surface area contributed by atoms with Crippen LogP contribution in [0, 0.1) is 5.82 Å². The summed E-state index contributed by atoms with van der Waals surface area (Å²) in [6, 6.07) is 6.82. The van der Waals surface area contributed by atoms with E-state index < -0.39 is 39.8 Å². The van der Waals surface area contributed by atoms with Crippen LogP contribution in [-0.2, 0) is 14.8 Å². The molecule has 3 rings (SSSR count). The second-order valence-corrected chi connectivity index (χ2v) is 10.0. The van der Waals surface area contributed by atoms with Gasteiger partial charge in [0.2, 0.25) is 5.60 Å². The van der Waals surface area contributed by atoms with Crippen LogP contribution < -0.4 is 14.4 Å². The van der Waals surface area contributed by atoms with Crippen molar-refractivity contribution in [2.24, 2.45) is 0 Å². The average molecular weight is 511 g/mol. The van der Waals surface area contributed by atoms with Gasteiger partial charge >= 0.3 is 12.3 Å². The Hall–Kier alpha value is -2.73. The summed E-state index contributed by atoms with van der Waals surface area (Å²) in [6.07, 6.45) is -6.74. The summed E-state index contributed by atoms with van der Waals surface area (Å²) >= 11 is 5.73. The van der Waals surface area contributed by atoms with Crippen molar-refractivity contribution in [2.75, 3.05) is 16.2 Å². The highest BCUT2D eigenvalue weighted by molar-refractivity contribution is 7.92. The summed E-state index contributed by atoms with van der Waals surface area (Å²) < 4.78 is 90.0. The second kappa shape index (κ2) is 8.56. The molecule has 1 atom stereocenters. The van der Waals surface area contributed by atoms with E-state index in [1.165, 1.54) is 18.2 Å². The number of alkyl halides is 3. The van der Waals surface area contributed by atoms with Crippen LogP contribution in [0.2, 0.25) is 5.02 Å². The fourth-order valence-corrected chi connectivity index (χ4v) is 4.72. The van der Waals surface area contributed by atoms with Crippen molar-refractivity contribution in [2.45, 2.75) is 43.5 Å². The summed E-state index contributed by atoms with van der Waals surface area (Å²) in [7, 11) is -4.23. The predicted molar refractivity (Wildman–Crippen MR) is 113 cm³/mol. The normalized spacial score (nSPS) is 16.6. The summed E-state index contributed by atoms with van der Waals surface area (Å²) in [5.74, 6) is -0.641. The number of ether oxygens (including phenoxy) is 2. The molecule has 0 saturated heterocycles. The van der Waals surface area contributed by atoms with Crippen LogP contribution in [0.15, 0.2) is 41.3 Å². The number of amides is 1. The van der Waals surface area contributed by atoms with Gasteiger partial charge in [0.25, 0.3) is 10.0 Å². The molecule has 1 heterocycles. The molecule has 1 amide bonds. The smallest absolute Gasteiger partial charge is 0.427 e. The molecule has 1 N–H and O–H groups in total. The number of nitrogens with one attached hydrogen (secondary N) is 1. The average Bonchev–Trinajstić information content (AvgIpc) is 2.68. The molecular weight excluding hydrogens is 492 g/mol. The van der Waals surface area contributed by atoms with Crippen LogP contribution >= 0.6 is 11.6 Å². The van der Waals surface area contributed by atoms with E-state index in [9.17, 15) is 30.8 Å². The third kappa shape index (κ3) is 5.11. The molecular formula is C20H19ClF4N2O5S. The van der Waals surface area contributed by atoms with Crippen molar-refractivity contribution in [1.29, 1.82) is 0 Å².